The molecule has 19 heavy (non-hydrogen) atoms. The number of rotatable bonds is 3. The van der Waals surface area contributed by atoms with Crippen molar-refractivity contribution in [1.29, 1.82) is 5.26 Å². The van der Waals surface area contributed by atoms with Gasteiger partial charge >= 0.3 is 0 Å². The molecule has 3 nitrogen and oxygen atoms in total. The molecule has 0 spiro atoms. The zero-order chi connectivity index (χ0) is 13.8. The Labute approximate surface area is 120 Å². The van der Waals surface area contributed by atoms with Crippen molar-refractivity contribution in [2.24, 2.45) is 5.73 Å². The lowest BCUT2D eigenvalue weighted by molar-refractivity contribution is 0.482. The van der Waals surface area contributed by atoms with Gasteiger partial charge in [0.05, 0.1) is 11.6 Å². The van der Waals surface area contributed by atoms with Crippen molar-refractivity contribution in [3.63, 3.8) is 0 Å². The lowest BCUT2D eigenvalue weighted by atomic mass is 10.1. The summed E-state index contributed by atoms with van der Waals surface area (Å²) in [5, 5.41) is 8.73. The number of hydrogen-bond acceptors (Lipinski definition) is 3. The Balaban J connectivity index is 2.19. The number of nitriles is 1. The average Bonchev–Trinajstić information content (AvgIpc) is 2.39. The summed E-state index contributed by atoms with van der Waals surface area (Å²) in [6.07, 6.45) is 0. The van der Waals surface area contributed by atoms with Crippen LogP contribution in [0.1, 0.15) is 24.1 Å². The van der Waals surface area contributed by atoms with E-state index < -0.39 is 0 Å². The molecule has 0 aliphatic carbocycles. The van der Waals surface area contributed by atoms with Crippen molar-refractivity contribution < 1.29 is 4.74 Å². The maximum absolute atomic E-state index is 8.73. The third kappa shape index (κ3) is 3.34. The highest BCUT2D eigenvalue weighted by Crippen LogP contribution is 2.29. The molecule has 0 bridgehead atoms. The number of benzene rings is 2. The quantitative estimate of drug-likeness (QED) is 0.926. The van der Waals surface area contributed by atoms with Crippen LogP contribution in [0.2, 0.25) is 0 Å². The Bertz CT molecular complexity index is 615. The van der Waals surface area contributed by atoms with E-state index in [1.165, 1.54) is 0 Å². The fraction of sp³-hybridized carbons (Fsp3) is 0.133. The van der Waals surface area contributed by atoms with Gasteiger partial charge in [-0.3, -0.25) is 0 Å². The minimum atomic E-state index is -0.0293. The highest BCUT2D eigenvalue weighted by Gasteiger charge is 2.06. The summed E-state index contributed by atoms with van der Waals surface area (Å²) < 4.78 is 6.64. The minimum absolute atomic E-state index is 0.0293. The van der Waals surface area contributed by atoms with E-state index in [2.05, 4.69) is 22.0 Å². The molecule has 0 fully saturated rings. The summed E-state index contributed by atoms with van der Waals surface area (Å²) in [7, 11) is 0. The van der Waals surface area contributed by atoms with E-state index in [1.54, 1.807) is 24.3 Å². The highest BCUT2D eigenvalue weighted by molar-refractivity contribution is 9.10. The average molecular weight is 317 g/mol. The first-order valence-corrected chi connectivity index (χ1v) is 6.62. The smallest absolute Gasteiger partial charge is 0.128 e. The van der Waals surface area contributed by atoms with Crippen LogP contribution in [-0.4, -0.2) is 0 Å². The van der Waals surface area contributed by atoms with Gasteiger partial charge < -0.3 is 10.5 Å². The first-order valence-electron chi connectivity index (χ1n) is 5.83. The van der Waals surface area contributed by atoms with E-state index in [9.17, 15) is 0 Å². The summed E-state index contributed by atoms with van der Waals surface area (Å²) in [6.45, 7) is 1.93. The van der Waals surface area contributed by atoms with Crippen molar-refractivity contribution in [2.75, 3.05) is 0 Å². The zero-order valence-electron chi connectivity index (χ0n) is 10.4. The van der Waals surface area contributed by atoms with E-state index in [-0.39, 0.29) is 6.04 Å². The Morgan fingerprint density at radius 3 is 2.32 bits per heavy atom. The third-order valence-electron chi connectivity index (χ3n) is 2.68. The summed E-state index contributed by atoms with van der Waals surface area (Å²) in [5.74, 6) is 1.42. The van der Waals surface area contributed by atoms with Crippen molar-refractivity contribution >= 4 is 15.9 Å². The fourth-order valence-corrected chi connectivity index (χ4v) is 2.39. The molecule has 96 valence electrons. The van der Waals surface area contributed by atoms with Gasteiger partial charge in [-0.05, 0) is 48.9 Å². The molecule has 0 aliphatic heterocycles. The largest absolute Gasteiger partial charge is 0.457 e. The van der Waals surface area contributed by atoms with E-state index >= 15 is 0 Å². The molecule has 0 saturated carbocycles. The van der Waals surface area contributed by atoms with Gasteiger partial charge in [0.15, 0.2) is 0 Å². The van der Waals surface area contributed by atoms with Crippen LogP contribution in [0, 0.1) is 11.3 Å². The first kappa shape index (κ1) is 13.6. The molecule has 0 heterocycles. The predicted molar refractivity (Wildman–Crippen MR) is 78.0 cm³/mol. The number of halogens is 1. The minimum Gasteiger partial charge on any atom is -0.457 e. The third-order valence-corrected chi connectivity index (χ3v) is 3.37. The molecule has 0 aliphatic rings. The lowest BCUT2D eigenvalue weighted by Crippen LogP contribution is -2.05. The normalized spacial score (nSPS) is 11.7. The van der Waals surface area contributed by atoms with Crippen LogP contribution in [-0.2, 0) is 0 Å². The van der Waals surface area contributed by atoms with Gasteiger partial charge in [0, 0.05) is 10.5 Å². The molecule has 0 unspecified atom stereocenters. The predicted octanol–water partition coefficient (Wildman–Crippen LogP) is 4.13. The van der Waals surface area contributed by atoms with Crippen LogP contribution in [0.4, 0.5) is 0 Å². The van der Waals surface area contributed by atoms with Crippen LogP contribution in [0.25, 0.3) is 0 Å². The topological polar surface area (TPSA) is 59.0 Å². The van der Waals surface area contributed by atoms with Gasteiger partial charge in [-0.1, -0.05) is 22.0 Å². The van der Waals surface area contributed by atoms with Gasteiger partial charge in [0.25, 0.3) is 0 Å². The van der Waals surface area contributed by atoms with Crippen LogP contribution in [0.5, 0.6) is 11.5 Å². The highest BCUT2D eigenvalue weighted by atomic mass is 79.9. The molecular formula is C15H13BrN2O. The summed E-state index contributed by atoms with van der Waals surface area (Å²) in [6, 6.07) is 14.7. The van der Waals surface area contributed by atoms with Gasteiger partial charge in [-0.2, -0.15) is 5.26 Å². The Kier molecular flexibility index (Phi) is 4.20. The Morgan fingerprint density at radius 1 is 1.16 bits per heavy atom. The maximum Gasteiger partial charge on any atom is 0.128 e. The Hall–Kier alpha value is -1.83. The Morgan fingerprint density at radius 2 is 1.79 bits per heavy atom. The molecule has 2 aromatic rings. The van der Waals surface area contributed by atoms with Gasteiger partial charge in [-0.25, -0.2) is 0 Å². The molecule has 0 saturated heterocycles. The zero-order valence-corrected chi connectivity index (χ0v) is 12.0. The van der Waals surface area contributed by atoms with Crippen LogP contribution in [0.15, 0.2) is 46.9 Å². The van der Waals surface area contributed by atoms with Crippen molar-refractivity contribution in [1.82, 2.24) is 0 Å². The monoisotopic (exact) mass is 316 g/mol. The van der Waals surface area contributed by atoms with E-state index in [1.807, 2.05) is 25.1 Å². The van der Waals surface area contributed by atoms with Crippen LogP contribution < -0.4 is 10.5 Å². The molecule has 2 N–H and O–H groups in total. The van der Waals surface area contributed by atoms with Gasteiger partial charge in [0.1, 0.15) is 11.5 Å². The SMILES string of the molecule is C[C@@H](N)c1ccc(Oc2ccc(C#N)cc2)cc1Br. The maximum atomic E-state index is 8.73. The molecular weight excluding hydrogens is 304 g/mol. The van der Waals surface area contributed by atoms with E-state index in [0.29, 0.717) is 11.3 Å². The molecule has 4 heteroatoms. The van der Waals surface area contributed by atoms with Crippen molar-refractivity contribution in [3.05, 3.63) is 58.1 Å². The summed E-state index contributed by atoms with van der Waals surface area (Å²) >= 11 is 3.48. The second-order valence-electron chi connectivity index (χ2n) is 4.21. The molecule has 2 rings (SSSR count). The molecule has 2 aromatic carbocycles. The number of ether oxygens (including phenoxy) is 1. The van der Waals surface area contributed by atoms with Crippen molar-refractivity contribution in [3.8, 4) is 17.6 Å². The fourth-order valence-electron chi connectivity index (χ4n) is 1.67. The summed E-state index contributed by atoms with van der Waals surface area (Å²) in [5.41, 5.74) is 7.49. The van der Waals surface area contributed by atoms with Crippen molar-refractivity contribution in [2.45, 2.75) is 13.0 Å². The first-order chi connectivity index (χ1) is 9.10. The van der Waals surface area contributed by atoms with Crippen LogP contribution >= 0.6 is 15.9 Å². The standard InChI is InChI=1S/C15H13BrN2O/c1-10(18)14-7-6-13(8-15(14)16)19-12-4-2-11(9-17)3-5-12/h2-8,10H,18H2,1H3/t10-/m1/s1. The lowest BCUT2D eigenvalue weighted by Gasteiger charge is -2.11. The molecule has 0 amide bonds. The van der Waals surface area contributed by atoms with Gasteiger partial charge in [0.2, 0.25) is 0 Å². The van der Waals surface area contributed by atoms with E-state index in [0.717, 1.165) is 15.8 Å². The number of hydrogen-bond donors (Lipinski definition) is 1. The number of nitrogens with zero attached hydrogens (tertiary/aromatic N) is 1. The van der Waals surface area contributed by atoms with Crippen LogP contribution in [0.3, 0.4) is 0 Å². The molecule has 0 aromatic heterocycles. The summed E-state index contributed by atoms with van der Waals surface area (Å²) in [4.78, 5) is 0. The number of nitrogens with two attached hydrogens (primary N) is 1. The molecule has 0 radical (unpaired) electrons. The van der Waals surface area contributed by atoms with Gasteiger partial charge in [-0.15, -0.1) is 0 Å². The van der Waals surface area contributed by atoms with E-state index in [4.69, 9.17) is 15.7 Å². The molecule has 1 atom stereocenters. The second kappa shape index (κ2) is 5.87. The second-order valence-corrected chi connectivity index (χ2v) is 5.06.